The van der Waals surface area contributed by atoms with Crippen molar-refractivity contribution in [3.63, 3.8) is 0 Å². The van der Waals surface area contributed by atoms with Gasteiger partial charge in [-0.1, -0.05) is 59.2 Å². The Morgan fingerprint density at radius 2 is 1.91 bits per heavy atom. The number of rotatable bonds is 14. The zero-order valence-electron chi connectivity index (χ0n) is 28.6. The van der Waals surface area contributed by atoms with Crippen molar-refractivity contribution in [2.45, 2.75) is 97.9 Å². The number of likely N-dealkylation sites (tertiary alicyclic amines) is 1. The van der Waals surface area contributed by atoms with E-state index in [1.165, 1.54) is 4.90 Å². The smallest absolute Gasteiger partial charge is 0.408 e. The first kappa shape index (κ1) is 36.2. The Kier molecular flexibility index (Phi) is 12.0. The number of ether oxygens (including phenoxy) is 4. The first-order valence-corrected chi connectivity index (χ1v) is 16.9. The summed E-state index contributed by atoms with van der Waals surface area (Å²) in [5.74, 6) is -0.306. The summed E-state index contributed by atoms with van der Waals surface area (Å²) in [4.78, 5) is 51.7. The molecule has 12 heteroatoms. The first-order valence-electron chi connectivity index (χ1n) is 16.5. The maximum absolute atomic E-state index is 14.4. The summed E-state index contributed by atoms with van der Waals surface area (Å²) in [5.41, 5.74) is 0.376. The van der Waals surface area contributed by atoms with Gasteiger partial charge >= 0.3 is 12.1 Å². The molecule has 4 rings (SSSR count). The molecule has 2 aromatic rings. The van der Waals surface area contributed by atoms with E-state index in [0.717, 1.165) is 25.7 Å². The lowest BCUT2D eigenvalue weighted by atomic mass is 9.85. The van der Waals surface area contributed by atoms with E-state index in [4.69, 9.17) is 30.5 Å². The third kappa shape index (κ3) is 9.06. The lowest BCUT2D eigenvalue weighted by molar-refractivity contribution is -0.157. The molecule has 2 aliphatic rings. The molecule has 47 heavy (non-hydrogen) atoms. The highest BCUT2D eigenvalue weighted by molar-refractivity contribution is 6.31. The monoisotopic (exact) mass is 672 g/mol. The number of carbonyl (C=O) groups is 3. The Hall–Kier alpha value is -3.60. The van der Waals surface area contributed by atoms with E-state index in [2.05, 4.69) is 21.9 Å². The van der Waals surface area contributed by atoms with E-state index in [9.17, 15) is 14.4 Å². The van der Waals surface area contributed by atoms with E-state index in [1.54, 1.807) is 25.3 Å². The van der Waals surface area contributed by atoms with Crippen molar-refractivity contribution in [3.05, 3.63) is 36.0 Å². The summed E-state index contributed by atoms with van der Waals surface area (Å²) in [5, 5.41) is 2.88. The van der Waals surface area contributed by atoms with Crippen LogP contribution in [-0.2, 0) is 19.1 Å². The number of hydrogen-bond acceptors (Lipinski definition) is 9. The van der Waals surface area contributed by atoms with E-state index >= 15 is 0 Å². The fourth-order valence-electron chi connectivity index (χ4n) is 5.99. The fraction of sp³-hybridized carbons (Fsp3) is 0.629. The fourth-order valence-corrected chi connectivity index (χ4v) is 6.17. The molecule has 2 amide bonds. The molecular weight excluding hydrogens is 624 g/mol. The van der Waals surface area contributed by atoms with Gasteiger partial charge in [0.15, 0.2) is 5.15 Å². The minimum absolute atomic E-state index is 0.0459. The second kappa shape index (κ2) is 15.5. The second-order valence-corrected chi connectivity index (χ2v) is 14.3. The second-order valence-electron chi connectivity index (χ2n) is 14.0. The minimum Gasteiger partial charge on any atom is -0.497 e. The summed E-state index contributed by atoms with van der Waals surface area (Å²) >= 11 is 6.52. The predicted molar refractivity (Wildman–Crippen MR) is 179 cm³/mol. The van der Waals surface area contributed by atoms with Gasteiger partial charge in [0, 0.05) is 12.0 Å². The summed E-state index contributed by atoms with van der Waals surface area (Å²) in [6.45, 7) is 15.4. The van der Waals surface area contributed by atoms with Gasteiger partial charge in [0.05, 0.1) is 31.3 Å². The van der Waals surface area contributed by atoms with Crippen LogP contribution >= 0.6 is 11.6 Å². The molecule has 0 bridgehead atoms. The lowest BCUT2D eigenvalue weighted by Gasteiger charge is -2.35. The van der Waals surface area contributed by atoms with Gasteiger partial charge in [0.1, 0.15) is 30.0 Å². The maximum Gasteiger partial charge on any atom is 0.408 e. The lowest BCUT2D eigenvalue weighted by Crippen LogP contribution is -2.57. The molecule has 1 saturated carbocycles. The number of methoxy groups -OCH3 is 1. The highest BCUT2D eigenvalue weighted by atomic mass is 35.5. The van der Waals surface area contributed by atoms with Crippen LogP contribution in [0.2, 0.25) is 5.15 Å². The number of amides is 2. The molecule has 0 unspecified atom stereocenters. The van der Waals surface area contributed by atoms with Crippen molar-refractivity contribution < 1.29 is 33.3 Å². The van der Waals surface area contributed by atoms with Crippen LogP contribution in [0.1, 0.15) is 73.6 Å². The molecule has 2 fully saturated rings. The number of nitrogens with zero attached hydrogens (tertiary/aromatic N) is 3. The Balaban J connectivity index is 1.58. The SMILES string of the molecule is C=CCCC[C@@H]1C[C@H]1OC(=O)N[C@H](C(=O)N1C[C@H](Oc2nc3cc(OC)ccc3nc2Cl)[C@@H](CC)[C@H]1C(=O)OCC(C)C)C(C)(C)C. The van der Waals surface area contributed by atoms with Crippen LogP contribution in [-0.4, -0.2) is 77.4 Å². The van der Waals surface area contributed by atoms with Crippen LogP contribution in [0.4, 0.5) is 4.79 Å². The predicted octanol–water partition coefficient (Wildman–Crippen LogP) is 6.36. The molecule has 1 aliphatic carbocycles. The Bertz CT molecular complexity index is 1450. The number of nitrogens with one attached hydrogen (secondary N) is 1. The average Bonchev–Trinajstić information content (AvgIpc) is 3.64. The number of aromatic nitrogens is 2. The molecule has 1 saturated heterocycles. The van der Waals surface area contributed by atoms with Gasteiger partial charge in [-0.15, -0.1) is 6.58 Å². The van der Waals surface area contributed by atoms with E-state index in [-0.39, 0.29) is 36.2 Å². The van der Waals surface area contributed by atoms with Crippen LogP contribution in [0, 0.1) is 23.2 Å². The average molecular weight is 673 g/mol. The van der Waals surface area contributed by atoms with Gasteiger partial charge in [-0.3, -0.25) is 4.79 Å². The summed E-state index contributed by atoms with van der Waals surface area (Å²) in [7, 11) is 1.56. The number of carbonyl (C=O) groups excluding carboxylic acids is 3. The van der Waals surface area contributed by atoms with Crippen LogP contribution < -0.4 is 14.8 Å². The van der Waals surface area contributed by atoms with Crippen molar-refractivity contribution in [2.24, 2.45) is 23.2 Å². The molecule has 0 radical (unpaired) electrons. The minimum atomic E-state index is -0.985. The van der Waals surface area contributed by atoms with Gasteiger partial charge in [0.25, 0.3) is 5.88 Å². The molecule has 1 aromatic heterocycles. The molecule has 0 spiro atoms. The van der Waals surface area contributed by atoms with Gasteiger partial charge < -0.3 is 29.2 Å². The van der Waals surface area contributed by atoms with Crippen LogP contribution in [0.5, 0.6) is 11.6 Å². The molecule has 11 nitrogen and oxygen atoms in total. The normalized spacial score (nSPS) is 22.9. The Morgan fingerprint density at radius 3 is 2.55 bits per heavy atom. The number of esters is 1. The Labute approximate surface area is 282 Å². The van der Waals surface area contributed by atoms with Crippen LogP contribution in [0.15, 0.2) is 30.9 Å². The number of alkyl carbamates (subject to hydrolysis) is 1. The van der Waals surface area contributed by atoms with Crippen molar-refractivity contribution in [1.29, 1.82) is 0 Å². The standard InChI is InChI=1S/C35H49ClN4O7/c1-9-11-12-13-21-16-26(21)47-34(43)39-29(35(5,6)7)32(41)40-18-27(23(10-2)28(40)33(42)45-19-20(3)4)46-31-30(36)37-24-15-14-22(44-8)17-25(24)38-31/h9,14-15,17,20-21,23,26-29H,1,10-13,16,18-19H2,2-8H3,(H,39,43)/t21-,23-,26-,27+,28+,29-/m1/s1. The maximum atomic E-state index is 14.4. The van der Waals surface area contributed by atoms with E-state index in [1.807, 2.05) is 47.6 Å². The summed E-state index contributed by atoms with van der Waals surface area (Å²) < 4.78 is 23.1. The summed E-state index contributed by atoms with van der Waals surface area (Å²) in [6, 6.07) is 3.30. The Morgan fingerprint density at radius 1 is 1.17 bits per heavy atom. The van der Waals surface area contributed by atoms with Gasteiger partial charge in [-0.2, -0.15) is 0 Å². The van der Waals surface area contributed by atoms with Crippen molar-refractivity contribution in [3.8, 4) is 11.6 Å². The molecule has 1 aliphatic heterocycles. The highest BCUT2D eigenvalue weighted by Gasteiger charge is 2.52. The van der Waals surface area contributed by atoms with Gasteiger partial charge in [-0.25, -0.2) is 19.6 Å². The van der Waals surface area contributed by atoms with Crippen molar-refractivity contribution >= 4 is 40.6 Å². The molecule has 1 aromatic carbocycles. The largest absolute Gasteiger partial charge is 0.497 e. The number of allylic oxidation sites excluding steroid dienone is 1. The number of benzene rings is 1. The third-order valence-electron chi connectivity index (χ3n) is 8.69. The first-order chi connectivity index (χ1) is 22.3. The number of halogens is 1. The molecular formula is C35H49ClN4O7. The molecule has 6 atom stereocenters. The molecule has 1 N–H and O–H groups in total. The van der Waals surface area contributed by atoms with Crippen LogP contribution in [0.25, 0.3) is 11.0 Å². The van der Waals surface area contributed by atoms with Crippen molar-refractivity contribution in [2.75, 3.05) is 20.3 Å². The summed E-state index contributed by atoms with van der Waals surface area (Å²) in [6.07, 6.45) is 4.57. The van der Waals surface area contributed by atoms with Gasteiger partial charge in [0.2, 0.25) is 5.91 Å². The van der Waals surface area contributed by atoms with Gasteiger partial charge in [-0.05, 0) is 61.5 Å². The van der Waals surface area contributed by atoms with Crippen LogP contribution in [0.3, 0.4) is 0 Å². The molecule has 2 heterocycles. The quantitative estimate of drug-likeness (QED) is 0.138. The highest BCUT2D eigenvalue weighted by Crippen LogP contribution is 2.39. The number of unbranched alkanes of at least 4 members (excludes halogenated alkanes) is 1. The van der Waals surface area contributed by atoms with Crippen molar-refractivity contribution in [1.82, 2.24) is 20.2 Å². The van der Waals surface area contributed by atoms with E-state index < -0.39 is 47.5 Å². The molecule has 258 valence electrons. The van der Waals surface area contributed by atoms with E-state index in [0.29, 0.717) is 29.1 Å². The number of fused-ring (bicyclic) bond motifs is 1. The number of hydrogen-bond donors (Lipinski definition) is 1. The topological polar surface area (TPSA) is 129 Å². The zero-order valence-corrected chi connectivity index (χ0v) is 29.3. The third-order valence-corrected chi connectivity index (χ3v) is 8.93. The zero-order chi connectivity index (χ0) is 34.5.